The second-order valence-electron chi connectivity index (χ2n) is 11.3. The molecule has 220 valence electrons. The molecule has 1 aromatic heterocycles. The van der Waals surface area contributed by atoms with Gasteiger partial charge in [0.2, 0.25) is 0 Å². The number of rotatable bonds is 5. The minimum Gasteiger partial charge on any atom is -0.292 e. The van der Waals surface area contributed by atoms with E-state index >= 15 is 0 Å². The molecule has 0 aliphatic heterocycles. The van der Waals surface area contributed by atoms with Crippen LogP contribution in [-0.2, 0) is 0 Å². The zero-order valence-corrected chi connectivity index (χ0v) is 25.1. The monoisotopic (exact) mass is 606 g/mol. The molecule has 0 atom stereocenters. The van der Waals surface area contributed by atoms with E-state index in [0.717, 1.165) is 27.8 Å². The van der Waals surface area contributed by atoms with Gasteiger partial charge in [-0.2, -0.15) is 0 Å². The molecule has 8 aromatic carbocycles. The van der Waals surface area contributed by atoms with Crippen molar-refractivity contribution in [1.29, 1.82) is 0 Å². The third-order valence-electron chi connectivity index (χ3n) is 8.64. The Morgan fingerprint density at radius 1 is 0.447 bits per heavy atom. The molecule has 0 N–H and O–H groups in total. The van der Waals surface area contributed by atoms with Crippen molar-refractivity contribution in [3.8, 4) is 50.5 Å². The van der Waals surface area contributed by atoms with Gasteiger partial charge in [0, 0.05) is 11.3 Å². The Bertz CT molecular complexity index is 2930. The highest BCUT2D eigenvalue weighted by atomic mass is 15.1. The Kier molecular flexibility index (Phi) is 4.80. The van der Waals surface area contributed by atoms with E-state index in [4.69, 9.17) is 10.5 Å². The van der Waals surface area contributed by atoms with E-state index in [9.17, 15) is 5.48 Å². The Hall–Kier alpha value is -6.25. The third-order valence-corrected chi connectivity index (χ3v) is 8.64. The molecule has 0 bridgehead atoms. The van der Waals surface area contributed by atoms with E-state index in [-0.39, 0.29) is 51.3 Å². The quantitative estimate of drug-likeness (QED) is 0.178. The lowest BCUT2D eigenvalue weighted by molar-refractivity contribution is 1.10. The molecule has 9 rings (SSSR count). The summed E-state index contributed by atoms with van der Waals surface area (Å²) in [5.41, 5.74) is 6.58. The summed E-state index contributed by atoms with van der Waals surface area (Å²) < 4.78 is 75.2. The van der Waals surface area contributed by atoms with Gasteiger partial charge in [0.25, 0.3) is 0 Å². The molecule has 0 aliphatic carbocycles. The second kappa shape index (κ2) is 11.3. The van der Waals surface area contributed by atoms with Crippen LogP contribution in [0.3, 0.4) is 0 Å². The normalized spacial score (nSPS) is 13.8. The van der Waals surface area contributed by atoms with E-state index in [1.165, 1.54) is 0 Å². The number of nitrogens with zero attached hydrogens (tertiary/aromatic N) is 2. The van der Waals surface area contributed by atoms with Gasteiger partial charge in [-0.3, -0.25) is 4.57 Å². The van der Waals surface area contributed by atoms with E-state index < -0.39 is 24.2 Å². The SMILES string of the molecule is [2H]c1c([2H])c([2H])c2c(-c3ccccc3-c3ccccc3)c3c([2H])c([2H])c([2H])c([2H])c3c(-c3cccc(-c4nc5ccccc5n4-c4ccccc4)c3)c2c1[2H]. The van der Waals surface area contributed by atoms with Crippen LogP contribution in [0.25, 0.3) is 83.0 Å². The van der Waals surface area contributed by atoms with Crippen LogP contribution in [0.1, 0.15) is 11.0 Å². The average Bonchev–Trinajstić information content (AvgIpc) is 3.63. The van der Waals surface area contributed by atoms with Crippen molar-refractivity contribution in [2.75, 3.05) is 0 Å². The molecule has 9 aromatic rings. The topological polar surface area (TPSA) is 17.8 Å². The van der Waals surface area contributed by atoms with Gasteiger partial charge in [-0.25, -0.2) is 4.98 Å². The number of hydrogen-bond donors (Lipinski definition) is 0. The molecule has 0 saturated heterocycles. The van der Waals surface area contributed by atoms with Crippen LogP contribution in [0.2, 0.25) is 0 Å². The maximum Gasteiger partial charge on any atom is 0.145 e. The number of hydrogen-bond acceptors (Lipinski definition) is 1. The highest BCUT2D eigenvalue weighted by molar-refractivity contribution is 6.22. The van der Waals surface area contributed by atoms with Crippen molar-refractivity contribution in [1.82, 2.24) is 9.55 Å². The van der Waals surface area contributed by atoms with Crippen molar-refractivity contribution >= 4 is 32.6 Å². The Morgan fingerprint density at radius 2 is 0.979 bits per heavy atom. The van der Waals surface area contributed by atoms with E-state index in [1.54, 1.807) is 0 Å². The zero-order chi connectivity index (χ0) is 38.1. The van der Waals surface area contributed by atoms with Gasteiger partial charge in [0.1, 0.15) is 5.82 Å². The lowest BCUT2D eigenvalue weighted by atomic mass is 9.83. The predicted molar refractivity (Wildman–Crippen MR) is 198 cm³/mol. The average molecular weight is 607 g/mol. The minimum absolute atomic E-state index is 0.162. The Labute approximate surface area is 285 Å². The molecule has 0 spiro atoms. The second-order valence-corrected chi connectivity index (χ2v) is 11.3. The Morgan fingerprint density at radius 3 is 1.68 bits per heavy atom. The molecule has 2 nitrogen and oxygen atoms in total. The van der Waals surface area contributed by atoms with Gasteiger partial charge < -0.3 is 0 Å². The van der Waals surface area contributed by atoms with Crippen molar-refractivity contribution in [2.45, 2.75) is 0 Å². The molecule has 0 saturated carbocycles. The summed E-state index contributed by atoms with van der Waals surface area (Å²) in [6.07, 6.45) is 0. The van der Waals surface area contributed by atoms with E-state index in [0.29, 0.717) is 28.1 Å². The van der Waals surface area contributed by atoms with Crippen LogP contribution in [0.4, 0.5) is 0 Å². The van der Waals surface area contributed by atoms with Gasteiger partial charge in [0.15, 0.2) is 0 Å². The summed E-state index contributed by atoms with van der Waals surface area (Å²) in [6, 6.07) is 39.3. The summed E-state index contributed by atoms with van der Waals surface area (Å²) in [4.78, 5) is 5.05. The van der Waals surface area contributed by atoms with Crippen LogP contribution in [-0.4, -0.2) is 9.55 Å². The van der Waals surface area contributed by atoms with Crippen LogP contribution in [0.5, 0.6) is 0 Å². The van der Waals surface area contributed by atoms with Gasteiger partial charge in [-0.05, 0) is 85.3 Å². The van der Waals surface area contributed by atoms with E-state index in [1.807, 2.05) is 133 Å². The first-order valence-corrected chi connectivity index (χ1v) is 15.4. The van der Waals surface area contributed by atoms with Crippen LogP contribution in [0.15, 0.2) is 182 Å². The number of imidazole rings is 1. The molecule has 0 radical (unpaired) electrons. The first-order chi connectivity index (χ1) is 26.7. The molecule has 0 amide bonds. The number of fused-ring (bicyclic) bond motifs is 3. The fraction of sp³-hybridized carbons (Fsp3) is 0. The molecule has 47 heavy (non-hydrogen) atoms. The van der Waals surface area contributed by atoms with Gasteiger partial charge in [-0.1, -0.05) is 151 Å². The van der Waals surface area contributed by atoms with Crippen molar-refractivity contribution in [3.63, 3.8) is 0 Å². The number of para-hydroxylation sites is 3. The molecule has 1 heterocycles. The standard InChI is InChI=1S/C45H30N2/c1-3-16-31(17-4-1)35-22-7-8-23-36(35)44-39-26-11-9-24-37(39)43(38-25-10-12-27-40(38)44)32-18-15-19-33(30-32)45-46-41-28-13-14-29-42(41)47(45)34-20-5-2-6-21-34/h1-30H/i9D,10D,11D,12D,24D,25D,26D,27D. The smallest absolute Gasteiger partial charge is 0.145 e. The summed E-state index contributed by atoms with van der Waals surface area (Å²) >= 11 is 0. The van der Waals surface area contributed by atoms with Crippen LogP contribution < -0.4 is 0 Å². The van der Waals surface area contributed by atoms with E-state index in [2.05, 4.69) is 4.57 Å². The highest BCUT2D eigenvalue weighted by Crippen LogP contribution is 2.46. The first-order valence-electron chi connectivity index (χ1n) is 19.4. The summed E-state index contributed by atoms with van der Waals surface area (Å²) in [6.45, 7) is 0. The summed E-state index contributed by atoms with van der Waals surface area (Å²) in [5.74, 6) is 0.639. The fourth-order valence-electron chi connectivity index (χ4n) is 6.63. The number of aromatic nitrogens is 2. The molecule has 0 aliphatic rings. The predicted octanol–water partition coefficient (Wildman–Crippen LogP) is 12.0. The minimum atomic E-state index is -0.441. The maximum atomic E-state index is 9.43. The zero-order valence-electron chi connectivity index (χ0n) is 33.1. The molecule has 0 fully saturated rings. The Balaban J connectivity index is 1.46. The molecule has 2 heteroatoms. The first kappa shape index (κ1) is 20.0. The molecular weight excluding hydrogens is 569 g/mol. The molecule has 0 unspecified atom stereocenters. The van der Waals surface area contributed by atoms with Crippen molar-refractivity contribution < 1.29 is 11.0 Å². The lowest BCUT2D eigenvalue weighted by Crippen LogP contribution is -1.97. The van der Waals surface area contributed by atoms with Crippen LogP contribution >= 0.6 is 0 Å². The fourth-order valence-corrected chi connectivity index (χ4v) is 6.63. The number of benzene rings is 8. The van der Waals surface area contributed by atoms with Crippen LogP contribution in [0, 0.1) is 0 Å². The largest absolute Gasteiger partial charge is 0.292 e. The van der Waals surface area contributed by atoms with Gasteiger partial charge >= 0.3 is 0 Å². The third kappa shape index (κ3) is 4.54. The van der Waals surface area contributed by atoms with Crippen molar-refractivity contribution in [2.24, 2.45) is 0 Å². The summed E-state index contributed by atoms with van der Waals surface area (Å²) in [5, 5.41) is 0.665. The summed E-state index contributed by atoms with van der Waals surface area (Å²) in [7, 11) is 0. The highest BCUT2D eigenvalue weighted by Gasteiger charge is 2.20. The van der Waals surface area contributed by atoms with Crippen molar-refractivity contribution in [3.05, 3.63) is 182 Å². The molecular formula is C45H30N2. The lowest BCUT2D eigenvalue weighted by Gasteiger charge is -2.20. The van der Waals surface area contributed by atoms with Gasteiger partial charge in [-0.15, -0.1) is 0 Å². The maximum absolute atomic E-state index is 9.43. The van der Waals surface area contributed by atoms with Gasteiger partial charge in [0.05, 0.1) is 22.0 Å².